The smallest absolute Gasteiger partial charge is 0.267 e. The van der Waals surface area contributed by atoms with Crippen LogP contribution in [-0.2, 0) is 9.59 Å². The lowest BCUT2D eigenvalue weighted by atomic mass is 10.2. The van der Waals surface area contributed by atoms with Crippen molar-refractivity contribution in [3.8, 4) is 0 Å². The Kier molecular flexibility index (Phi) is 2.13. The van der Waals surface area contributed by atoms with Crippen molar-refractivity contribution in [2.24, 2.45) is 0 Å². The molecule has 0 bridgehead atoms. The molecule has 0 aromatic heterocycles. The van der Waals surface area contributed by atoms with E-state index in [0.29, 0.717) is 16.5 Å². The molecule has 0 aromatic carbocycles. The van der Waals surface area contributed by atoms with Crippen LogP contribution in [-0.4, -0.2) is 23.8 Å². The zero-order valence-corrected chi connectivity index (χ0v) is 7.93. The molecule has 1 heterocycles. The number of hydrogen-bond acceptors (Lipinski definition) is 2. The fourth-order valence-corrected chi connectivity index (χ4v) is 1.69. The Morgan fingerprint density at radius 2 is 1.91 bits per heavy atom. The van der Waals surface area contributed by atoms with Gasteiger partial charge in [-0.25, -0.2) is 0 Å². The lowest BCUT2D eigenvalue weighted by Crippen LogP contribution is -2.26. The number of hydrogen-bond donors (Lipinski definition) is 0. The molecule has 0 fully saturated rings. The summed E-state index contributed by atoms with van der Waals surface area (Å²) in [6.07, 6.45) is 0.593. The third-order valence-corrected chi connectivity index (χ3v) is 2.49. The molecule has 0 N–H and O–H groups in total. The minimum atomic E-state index is -0.244. The number of rotatable bonds is 1. The van der Waals surface area contributed by atoms with Crippen molar-refractivity contribution in [1.82, 2.24) is 4.90 Å². The van der Waals surface area contributed by atoms with Crippen LogP contribution in [0.3, 0.4) is 0 Å². The Bertz CT molecular complexity index is 257. The first kappa shape index (κ1) is 8.46. The molecule has 0 saturated heterocycles. The zero-order chi connectivity index (χ0) is 8.59. The lowest BCUT2D eigenvalue weighted by molar-refractivity contribution is -0.135. The van der Waals surface area contributed by atoms with Gasteiger partial charge in [0, 0.05) is 12.6 Å². The van der Waals surface area contributed by atoms with Crippen molar-refractivity contribution in [1.29, 1.82) is 0 Å². The summed E-state index contributed by atoms with van der Waals surface area (Å²) >= 11 is 3.08. The maximum Gasteiger partial charge on any atom is 0.267 e. The van der Waals surface area contributed by atoms with Crippen LogP contribution in [0.15, 0.2) is 10.1 Å². The minimum absolute atomic E-state index is 0.190. The molecule has 0 aliphatic carbocycles. The number of carbonyl (C=O) groups excluding carboxylic acids is 2. The third-order valence-electron chi connectivity index (χ3n) is 1.67. The van der Waals surface area contributed by atoms with Gasteiger partial charge in [0.2, 0.25) is 0 Å². The van der Waals surface area contributed by atoms with Gasteiger partial charge in [-0.05, 0) is 22.4 Å². The van der Waals surface area contributed by atoms with E-state index < -0.39 is 0 Å². The molecule has 2 amide bonds. The lowest BCUT2D eigenvalue weighted by Gasteiger charge is -2.04. The van der Waals surface area contributed by atoms with E-state index in [-0.39, 0.29) is 11.8 Å². The van der Waals surface area contributed by atoms with Crippen molar-refractivity contribution in [2.75, 3.05) is 7.05 Å². The van der Waals surface area contributed by atoms with E-state index in [1.165, 1.54) is 7.05 Å². The molecule has 3 nitrogen and oxygen atoms in total. The maximum atomic E-state index is 11.2. The van der Waals surface area contributed by atoms with E-state index in [1.54, 1.807) is 0 Å². The highest BCUT2D eigenvalue weighted by atomic mass is 79.9. The predicted molar refractivity (Wildman–Crippen MR) is 44.0 cm³/mol. The molecule has 1 rings (SSSR count). The molecule has 11 heavy (non-hydrogen) atoms. The molecule has 0 unspecified atom stereocenters. The van der Waals surface area contributed by atoms with Gasteiger partial charge in [-0.3, -0.25) is 14.5 Å². The molecular formula is C7H8BrNO2. The second kappa shape index (κ2) is 2.77. The van der Waals surface area contributed by atoms with Gasteiger partial charge in [0.15, 0.2) is 0 Å². The van der Waals surface area contributed by atoms with Crippen LogP contribution in [0, 0.1) is 0 Å². The summed E-state index contributed by atoms with van der Waals surface area (Å²) in [4.78, 5) is 23.4. The first-order valence-corrected chi connectivity index (χ1v) is 4.10. The van der Waals surface area contributed by atoms with Gasteiger partial charge in [-0.1, -0.05) is 6.92 Å². The summed E-state index contributed by atoms with van der Waals surface area (Å²) in [7, 11) is 1.48. The molecule has 0 saturated carbocycles. The number of carbonyl (C=O) groups is 2. The summed E-state index contributed by atoms with van der Waals surface area (Å²) in [6, 6.07) is 0. The second-order valence-electron chi connectivity index (χ2n) is 2.32. The fourth-order valence-electron chi connectivity index (χ4n) is 0.971. The Morgan fingerprint density at radius 1 is 1.36 bits per heavy atom. The van der Waals surface area contributed by atoms with Crippen LogP contribution >= 0.6 is 15.9 Å². The van der Waals surface area contributed by atoms with E-state index >= 15 is 0 Å². The molecule has 0 atom stereocenters. The zero-order valence-electron chi connectivity index (χ0n) is 6.35. The van der Waals surface area contributed by atoms with Gasteiger partial charge in [0.1, 0.15) is 0 Å². The standard InChI is InChI=1S/C7H8BrNO2/c1-3-4-5(8)7(11)9(2)6(4)10/h3H2,1-2H3. The molecule has 4 heteroatoms. The van der Waals surface area contributed by atoms with Gasteiger partial charge in [0.05, 0.1) is 4.48 Å². The van der Waals surface area contributed by atoms with Crippen LogP contribution in [0.5, 0.6) is 0 Å². The van der Waals surface area contributed by atoms with E-state index in [1.807, 2.05) is 6.92 Å². The summed E-state index contributed by atoms with van der Waals surface area (Å²) in [6.45, 7) is 1.85. The van der Waals surface area contributed by atoms with Crippen molar-refractivity contribution < 1.29 is 9.59 Å². The first-order valence-electron chi connectivity index (χ1n) is 3.30. The van der Waals surface area contributed by atoms with Gasteiger partial charge in [0.25, 0.3) is 11.8 Å². The highest BCUT2D eigenvalue weighted by Crippen LogP contribution is 2.25. The fraction of sp³-hybridized carbons (Fsp3) is 0.429. The minimum Gasteiger partial charge on any atom is -0.277 e. The number of halogens is 1. The maximum absolute atomic E-state index is 11.2. The topological polar surface area (TPSA) is 37.4 Å². The molecular weight excluding hydrogens is 210 g/mol. The second-order valence-corrected chi connectivity index (χ2v) is 3.11. The molecule has 1 aliphatic rings. The predicted octanol–water partition coefficient (Wildman–Crippen LogP) is 1.04. The van der Waals surface area contributed by atoms with E-state index in [2.05, 4.69) is 15.9 Å². The summed E-state index contributed by atoms with van der Waals surface area (Å²) < 4.78 is 0.410. The van der Waals surface area contributed by atoms with Crippen LogP contribution in [0.1, 0.15) is 13.3 Å². The monoisotopic (exact) mass is 217 g/mol. The third kappa shape index (κ3) is 1.11. The number of nitrogens with zero attached hydrogens (tertiary/aromatic N) is 1. The van der Waals surface area contributed by atoms with Crippen molar-refractivity contribution >= 4 is 27.7 Å². The van der Waals surface area contributed by atoms with Gasteiger partial charge in [-0.2, -0.15) is 0 Å². The Hall–Kier alpha value is -0.640. The van der Waals surface area contributed by atoms with E-state index in [9.17, 15) is 9.59 Å². The highest BCUT2D eigenvalue weighted by molar-refractivity contribution is 9.12. The molecule has 0 spiro atoms. The van der Waals surface area contributed by atoms with Crippen molar-refractivity contribution in [3.63, 3.8) is 0 Å². The average molecular weight is 218 g/mol. The molecule has 0 radical (unpaired) electrons. The average Bonchev–Trinajstić information content (AvgIpc) is 2.17. The van der Waals surface area contributed by atoms with Gasteiger partial charge in [-0.15, -0.1) is 0 Å². The highest BCUT2D eigenvalue weighted by Gasteiger charge is 2.32. The van der Waals surface area contributed by atoms with Crippen LogP contribution < -0.4 is 0 Å². The number of imide groups is 1. The Balaban J connectivity index is 3.08. The molecule has 0 aromatic rings. The summed E-state index contributed by atoms with van der Waals surface area (Å²) in [5.41, 5.74) is 0.567. The summed E-state index contributed by atoms with van der Waals surface area (Å²) in [5.74, 6) is -0.434. The van der Waals surface area contributed by atoms with Gasteiger partial charge < -0.3 is 0 Å². The normalized spacial score (nSPS) is 18.6. The summed E-state index contributed by atoms with van der Waals surface area (Å²) in [5, 5.41) is 0. The van der Waals surface area contributed by atoms with E-state index in [4.69, 9.17) is 0 Å². The first-order chi connectivity index (χ1) is 5.09. The molecule has 60 valence electrons. The van der Waals surface area contributed by atoms with Crippen LogP contribution in [0.2, 0.25) is 0 Å². The quantitative estimate of drug-likeness (QED) is 0.616. The van der Waals surface area contributed by atoms with Crippen LogP contribution in [0.4, 0.5) is 0 Å². The Morgan fingerprint density at radius 3 is 2.09 bits per heavy atom. The largest absolute Gasteiger partial charge is 0.277 e. The van der Waals surface area contributed by atoms with Crippen molar-refractivity contribution in [2.45, 2.75) is 13.3 Å². The number of likely N-dealkylation sites (N-methyl/N-ethyl adjacent to an activating group) is 1. The Labute approximate surface area is 73.2 Å². The molecule has 1 aliphatic heterocycles. The SMILES string of the molecule is CCC1=C(Br)C(=O)N(C)C1=O. The van der Waals surface area contributed by atoms with Crippen molar-refractivity contribution in [3.05, 3.63) is 10.1 Å². The van der Waals surface area contributed by atoms with Crippen LogP contribution in [0.25, 0.3) is 0 Å². The van der Waals surface area contributed by atoms with Gasteiger partial charge >= 0.3 is 0 Å². The number of amides is 2. The van der Waals surface area contributed by atoms with E-state index in [0.717, 1.165) is 4.90 Å².